The monoisotopic (exact) mass is 501 g/mol. The Morgan fingerprint density at radius 3 is 2.06 bits per heavy atom. The Labute approximate surface area is 201 Å². The molecular formula is C24H30F3NO7. The quantitative estimate of drug-likeness (QED) is 0.231. The summed E-state index contributed by atoms with van der Waals surface area (Å²) in [7, 11) is 0. The normalized spacial score (nSPS) is 17.9. The number of amides is 1. The van der Waals surface area contributed by atoms with Crippen LogP contribution in [0.5, 0.6) is 0 Å². The van der Waals surface area contributed by atoms with E-state index in [2.05, 4.69) is 0 Å². The molecular weight excluding hydrogens is 471 g/mol. The minimum Gasteiger partial charge on any atom is -0.465 e. The molecule has 0 aliphatic carbocycles. The topological polar surface area (TPSA) is 99.2 Å². The van der Waals surface area contributed by atoms with Crippen LogP contribution in [0.1, 0.15) is 58.9 Å². The minimum atomic E-state index is -1.58. The Morgan fingerprint density at radius 1 is 1.00 bits per heavy atom. The summed E-state index contributed by atoms with van der Waals surface area (Å²) >= 11 is 0. The SMILES string of the molecule is CCOC(=O)C(CC(=O)C1CC(c2c(F)ccc(F)c2F)CN1C(=O)OC(C)(C)C)C(=O)OCC. The molecule has 1 heterocycles. The van der Waals surface area contributed by atoms with E-state index in [1.807, 2.05) is 0 Å². The van der Waals surface area contributed by atoms with Crippen LogP contribution in [0.3, 0.4) is 0 Å². The molecule has 2 atom stereocenters. The van der Waals surface area contributed by atoms with E-state index in [0.717, 1.165) is 11.0 Å². The molecule has 1 saturated heterocycles. The third kappa shape index (κ3) is 6.95. The maximum Gasteiger partial charge on any atom is 0.410 e. The number of benzene rings is 1. The zero-order chi connectivity index (χ0) is 26.5. The second-order valence-electron chi connectivity index (χ2n) is 9.07. The lowest BCUT2D eigenvalue weighted by Gasteiger charge is -2.28. The predicted octanol–water partition coefficient (Wildman–Crippen LogP) is 3.90. The summed E-state index contributed by atoms with van der Waals surface area (Å²) in [4.78, 5) is 51.7. The number of rotatable bonds is 8. The van der Waals surface area contributed by atoms with Crippen LogP contribution in [0, 0.1) is 23.4 Å². The third-order valence-electron chi connectivity index (χ3n) is 5.34. The van der Waals surface area contributed by atoms with Crippen LogP contribution >= 0.6 is 0 Å². The summed E-state index contributed by atoms with van der Waals surface area (Å²) < 4.78 is 57.8. The largest absolute Gasteiger partial charge is 0.465 e. The number of ether oxygens (including phenoxy) is 3. The molecule has 0 bridgehead atoms. The number of carbonyl (C=O) groups is 4. The maximum atomic E-state index is 14.5. The number of halogens is 3. The van der Waals surface area contributed by atoms with E-state index < -0.39 is 76.7 Å². The standard InChI is InChI=1S/C24H30F3NO7/c1-6-33-21(30)14(22(31)34-7-2)11-18(29)17-10-13(12-28(17)23(32)35-24(3,4)5)19-15(25)8-9-16(26)20(19)27/h8-9,13-14,17H,6-7,10-12H2,1-5H3. The third-order valence-corrected chi connectivity index (χ3v) is 5.34. The summed E-state index contributed by atoms with van der Waals surface area (Å²) in [6.07, 6.45) is -1.87. The van der Waals surface area contributed by atoms with Crippen molar-refractivity contribution in [3.63, 3.8) is 0 Å². The van der Waals surface area contributed by atoms with Crippen molar-refractivity contribution in [1.82, 2.24) is 4.90 Å². The highest BCUT2D eigenvalue weighted by atomic mass is 19.2. The molecule has 8 nitrogen and oxygen atoms in total. The van der Waals surface area contributed by atoms with Crippen molar-refractivity contribution in [1.29, 1.82) is 0 Å². The summed E-state index contributed by atoms with van der Waals surface area (Å²) in [6.45, 7) is 7.40. The second-order valence-corrected chi connectivity index (χ2v) is 9.07. The Balaban J connectivity index is 2.40. The Kier molecular flexibility index (Phi) is 9.28. The van der Waals surface area contributed by atoms with Gasteiger partial charge in [0.1, 0.15) is 11.4 Å². The number of likely N-dealkylation sites (tertiary alicyclic amines) is 1. The number of hydrogen-bond donors (Lipinski definition) is 0. The van der Waals surface area contributed by atoms with Gasteiger partial charge >= 0.3 is 18.0 Å². The lowest BCUT2D eigenvalue weighted by atomic mass is 9.91. The van der Waals surface area contributed by atoms with Crippen LogP contribution in [0.25, 0.3) is 0 Å². The number of Topliss-reactive ketones (excluding diaryl/α,β-unsaturated/α-hetero) is 1. The molecule has 0 radical (unpaired) electrons. The lowest BCUT2D eigenvalue weighted by molar-refractivity contribution is -0.163. The first-order valence-electron chi connectivity index (χ1n) is 11.3. The van der Waals surface area contributed by atoms with Gasteiger partial charge in [-0.15, -0.1) is 0 Å². The Morgan fingerprint density at radius 2 is 1.54 bits per heavy atom. The van der Waals surface area contributed by atoms with Gasteiger partial charge in [-0.25, -0.2) is 18.0 Å². The average molecular weight is 501 g/mol. The van der Waals surface area contributed by atoms with E-state index in [-0.39, 0.29) is 26.2 Å². The molecule has 1 amide bonds. The van der Waals surface area contributed by atoms with Gasteiger partial charge in [-0.05, 0) is 53.2 Å². The van der Waals surface area contributed by atoms with Crippen LogP contribution in [0.15, 0.2) is 12.1 Å². The maximum absolute atomic E-state index is 14.5. The molecule has 1 fully saturated rings. The van der Waals surface area contributed by atoms with Crippen LogP contribution < -0.4 is 0 Å². The number of ketones is 1. The Hall–Kier alpha value is -3.11. The van der Waals surface area contributed by atoms with Gasteiger partial charge in [0.25, 0.3) is 0 Å². The van der Waals surface area contributed by atoms with E-state index in [9.17, 15) is 32.3 Å². The van der Waals surface area contributed by atoms with E-state index in [4.69, 9.17) is 14.2 Å². The number of esters is 2. The number of hydrogen-bond acceptors (Lipinski definition) is 7. The summed E-state index contributed by atoms with van der Waals surface area (Å²) in [5.74, 6) is -9.04. The van der Waals surface area contributed by atoms with Crippen molar-refractivity contribution < 1.29 is 46.6 Å². The van der Waals surface area contributed by atoms with Gasteiger partial charge in [-0.2, -0.15) is 0 Å². The first-order chi connectivity index (χ1) is 16.3. The molecule has 1 aliphatic heterocycles. The van der Waals surface area contributed by atoms with Gasteiger partial charge < -0.3 is 14.2 Å². The van der Waals surface area contributed by atoms with Crippen molar-refractivity contribution in [3.05, 3.63) is 35.1 Å². The molecule has 0 aromatic heterocycles. The molecule has 1 aromatic rings. The summed E-state index contributed by atoms with van der Waals surface area (Å²) in [6, 6.07) is 0.113. The van der Waals surface area contributed by atoms with Gasteiger partial charge in [0.15, 0.2) is 23.3 Å². The van der Waals surface area contributed by atoms with Crippen molar-refractivity contribution in [2.75, 3.05) is 19.8 Å². The van der Waals surface area contributed by atoms with Gasteiger partial charge in [-0.1, -0.05) is 0 Å². The van der Waals surface area contributed by atoms with E-state index in [1.165, 1.54) is 13.8 Å². The number of carbonyl (C=O) groups excluding carboxylic acids is 4. The van der Waals surface area contributed by atoms with Crippen molar-refractivity contribution in [2.45, 2.75) is 65.0 Å². The van der Waals surface area contributed by atoms with Crippen LogP contribution in [0.2, 0.25) is 0 Å². The molecule has 35 heavy (non-hydrogen) atoms. The first-order valence-corrected chi connectivity index (χ1v) is 11.3. The molecule has 2 rings (SSSR count). The molecule has 1 aromatic carbocycles. The summed E-state index contributed by atoms with van der Waals surface area (Å²) in [5.41, 5.74) is -1.54. The molecule has 194 valence electrons. The second kappa shape index (κ2) is 11.5. The highest BCUT2D eigenvalue weighted by Crippen LogP contribution is 2.37. The zero-order valence-corrected chi connectivity index (χ0v) is 20.4. The average Bonchev–Trinajstić information content (AvgIpc) is 3.19. The fraction of sp³-hybridized carbons (Fsp3) is 0.583. The number of nitrogens with zero attached hydrogens (tertiary/aromatic N) is 1. The van der Waals surface area contributed by atoms with Crippen molar-refractivity contribution in [3.8, 4) is 0 Å². The van der Waals surface area contributed by atoms with Gasteiger partial charge in [0, 0.05) is 24.4 Å². The van der Waals surface area contributed by atoms with Gasteiger partial charge in [0.2, 0.25) is 0 Å². The fourth-order valence-corrected chi connectivity index (χ4v) is 3.88. The van der Waals surface area contributed by atoms with Crippen molar-refractivity contribution in [2.24, 2.45) is 5.92 Å². The van der Waals surface area contributed by atoms with E-state index in [0.29, 0.717) is 6.07 Å². The van der Waals surface area contributed by atoms with Crippen LogP contribution in [-0.2, 0) is 28.6 Å². The molecule has 0 N–H and O–H groups in total. The molecule has 2 unspecified atom stereocenters. The summed E-state index contributed by atoms with van der Waals surface area (Å²) in [5, 5.41) is 0. The lowest BCUT2D eigenvalue weighted by Crippen LogP contribution is -2.44. The first kappa shape index (κ1) is 28.1. The van der Waals surface area contributed by atoms with E-state index >= 15 is 0 Å². The molecule has 1 aliphatic rings. The zero-order valence-electron chi connectivity index (χ0n) is 20.4. The van der Waals surface area contributed by atoms with Crippen LogP contribution in [-0.4, -0.2) is 60.1 Å². The fourth-order valence-electron chi connectivity index (χ4n) is 3.88. The van der Waals surface area contributed by atoms with E-state index in [1.54, 1.807) is 20.8 Å². The highest BCUT2D eigenvalue weighted by Gasteiger charge is 2.45. The Bertz CT molecular complexity index is 959. The van der Waals surface area contributed by atoms with Crippen molar-refractivity contribution >= 4 is 23.8 Å². The minimum absolute atomic E-state index is 0.0450. The van der Waals surface area contributed by atoms with Crippen LogP contribution in [0.4, 0.5) is 18.0 Å². The molecule has 0 spiro atoms. The van der Waals surface area contributed by atoms with Gasteiger partial charge in [0.05, 0.1) is 19.3 Å². The molecule has 11 heteroatoms. The highest BCUT2D eigenvalue weighted by molar-refractivity contribution is 6.01. The molecule has 0 saturated carbocycles. The van der Waals surface area contributed by atoms with Gasteiger partial charge in [-0.3, -0.25) is 19.3 Å². The predicted molar refractivity (Wildman–Crippen MR) is 117 cm³/mol. The smallest absolute Gasteiger partial charge is 0.410 e.